The maximum Gasteiger partial charge on any atom is 0.316 e. The SMILES string of the molecule is CC(I)Oc1ccc(Cn2nc(-c3cnc(OCC(C)(F)F)nc3)ccc2=O)cn1. The largest absolute Gasteiger partial charge is 0.464 e. The quantitative estimate of drug-likeness (QED) is 0.327. The molecule has 1 unspecified atom stereocenters. The van der Waals surface area contributed by atoms with E-state index in [-0.39, 0.29) is 22.2 Å². The van der Waals surface area contributed by atoms with Crippen LogP contribution >= 0.6 is 22.6 Å². The Hall–Kier alpha value is -2.70. The minimum atomic E-state index is -2.98. The molecule has 0 saturated carbocycles. The Morgan fingerprint density at radius 2 is 1.87 bits per heavy atom. The molecule has 0 amide bonds. The number of ether oxygens (including phenoxy) is 2. The maximum atomic E-state index is 12.9. The Bertz CT molecular complexity index is 1040. The van der Waals surface area contributed by atoms with Gasteiger partial charge in [0.1, 0.15) is 4.11 Å². The molecule has 3 rings (SSSR count). The standard InChI is InChI=1S/C19H18F2IN5O3/c1-12(22)30-16-5-3-13(7-23-16)10-27-17(28)6-4-15(26-27)14-8-24-18(25-9-14)29-11-19(2,20)21/h3-9,12H,10-11H2,1-2H3. The van der Waals surface area contributed by atoms with E-state index in [1.165, 1.54) is 29.2 Å². The van der Waals surface area contributed by atoms with E-state index in [1.807, 2.05) is 6.92 Å². The van der Waals surface area contributed by atoms with Gasteiger partial charge in [-0.3, -0.25) is 4.79 Å². The second-order valence-electron chi connectivity index (χ2n) is 6.49. The highest BCUT2D eigenvalue weighted by atomic mass is 127. The van der Waals surface area contributed by atoms with E-state index < -0.39 is 12.5 Å². The van der Waals surface area contributed by atoms with Gasteiger partial charge in [0.2, 0.25) is 5.88 Å². The van der Waals surface area contributed by atoms with Gasteiger partial charge in [-0.05, 0) is 41.1 Å². The molecule has 0 aliphatic carbocycles. The third-order valence-corrected chi connectivity index (χ3v) is 3.91. The van der Waals surface area contributed by atoms with Crippen LogP contribution in [-0.2, 0) is 6.54 Å². The van der Waals surface area contributed by atoms with Gasteiger partial charge < -0.3 is 9.47 Å². The molecule has 0 spiro atoms. The van der Waals surface area contributed by atoms with Crippen LogP contribution in [0, 0.1) is 0 Å². The van der Waals surface area contributed by atoms with Crippen LogP contribution in [0.5, 0.6) is 11.9 Å². The van der Waals surface area contributed by atoms with Crippen molar-refractivity contribution in [3.63, 3.8) is 0 Å². The van der Waals surface area contributed by atoms with Crippen molar-refractivity contribution in [2.45, 2.75) is 30.4 Å². The summed E-state index contributed by atoms with van der Waals surface area (Å²) in [5, 5.41) is 4.33. The average molecular weight is 529 g/mol. The molecule has 0 aromatic carbocycles. The van der Waals surface area contributed by atoms with Crippen molar-refractivity contribution in [3.8, 4) is 23.1 Å². The summed E-state index contributed by atoms with van der Waals surface area (Å²) in [4.78, 5) is 24.2. The number of pyridine rings is 1. The van der Waals surface area contributed by atoms with Crippen molar-refractivity contribution >= 4 is 22.6 Å². The molecule has 8 nitrogen and oxygen atoms in total. The van der Waals surface area contributed by atoms with Crippen LogP contribution in [0.15, 0.2) is 47.7 Å². The number of halogens is 3. The molecule has 0 aliphatic rings. The number of hydrogen-bond donors (Lipinski definition) is 0. The van der Waals surface area contributed by atoms with Gasteiger partial charge in [0, 0.05) is 43.2 Å². The fourth-order valence-corrected chi connectivity index (χ4v) is 2.60. The van der Waals surface area contributed by atoms with Gasteiger partial charge in [-0.25, -0.2) is 28.4 Å². The van der Waals surface area contributed by atoms with Crippen LogP contribution in [0.1, 0.15) is 19.4 Å². The second-order valence-corrected chi connectivity index (χ2v) is 8.25. The van der Waals surface area contributed by atoms with E-state index in [1.54, 1.807) is 18.3 Å². The summed E-state index contributed by atoms with van der Waals surface area (Å²) < 4.78 is 37.3. The van der Waals surface area contributed by atoms with E-state index in [0.29, 0.717) is 17.1 Å². The number of hydrogen-bond acceptors (Lipinski definition) is 7. The monoisotopic (exact) mass is 529 g/mol. The second kappa shape index (κ2) is 9.41. The molecule has 1 atom stereocenters. The van der Waals surface area contributed by atoms with E-state index >= 15 is 0 Å². The van der Waals surface area contributed by atoms with Crippen molar-refractivity contribution in [1.82, 2.24) is 24.7 Å². The molecule has 3 aromatic heterocycles. The van der Waals surface area contributed by atoms with Crippen molar-refractivity contribution in [2.24, 2.45) is 0 Å². The van der Waals surface area contributed by atoms with Crippen molar-refractivity contribution in [2.75, 3.05) is 6.61 Å². The lowest BCUT2D eigenvalue weighted by Gasteiger charge is -2.11. The Morgan fingerprint density at radius 3 is 2.47 bits per heavy atom. The Balaban J connectivity index is 1.74. The predicted octanol–water partition coefficient (Wildman–Crippen LogP) is 3.34. The minimum Gasteiger partial charge on any atom is -0.464 e. The van der Waals surface area contributed by atoms with Gasteiger partial charge >= 0.3 is 6.01 Å². The number of alkyl halides is 3. The van der Waals surface area contributed by atoms with Crippen molar-refractivity contribution < 1.29 is 18.3 Å². The molecular weight excluding hydrogens is 511 g/mol. The molecule has 3 heterocycles. The molecule has 0 N–H and O–H groups in total. The van der Waals surface area contributed by atoms with Crippen molar-refractivity contribution in [3.05, 3.63) is 58.8 Å². The van der Waals surface area contributed by atoms with Crippen LogP contribution in [0.4, 0.5) is 8.78 Å². The van der Waals surface area contributed by atoms with Gasteiger partial charge in [0.05, 0.1) is 12.2 Å². The van der Waals surface area contributed by atoms with E-state index in [2.05, 4.69) is 42.6 Å². The molecule has 0 fully saturated rings. The molecule has 3 aromatic rings. The van der Waals surface area contributed by atoms with Crippen LogP contribution in [0.25, 0.3) is 11.3 Å². The van der Waals surface area contributed by atoms with Gasteiger partial charge in [-0.15, -0.1) is 0 Å². The molecule has 0 saturated heterocycles. The average Bonchev–Trinajstić information content (AvgIpc) is 2.69. The van der Waals surface area contributed by atoms with E-state index in [0.717, 1.165) is 12.5 Å². The predicted molar refractivity (Wildman–Crippen MR) is 113 cm³/mol. The highest BCUT2D eigenvalue weighted by molar-refractivity contribution is 14.1. The third kappa shape index (κ3) is 6.40. The van der Waals surface area contributed by atoms with Crippen molar-refractivity contribution in [1.29, 1.82) is 0 Å². The summed E-state index contributed by atoms with van der Waals surface area (Å²) in [6, 6.07) is 6.29. The topological polar surface area (TPSA) is 92.0 Å². The molecule has 0 aliphatic heterocycles. The minimum absolute atomic E-state index is 0.0145. The van der Waals surface area contributed by atoms with Crippen LogP contribution in [0.2, 0.25) is 0 Å². The zero-order chi connectivity index (χ0) is 21.7. The molecule has 11 heteroatoms. The normalized spacial score (nSPS) is 12.4. The lowest BCUT2D eigenvalue weighted by atomic mass is 10.2. The summed E-state index contributed by atoms with van der Waals surface area (Å²) in [5.74, 6) is -2.48. The van der Waals surface area contributed by atoms with Gasteiger partial charge in [-0.1, -0.05) is 6.07 Å². The first-order valence-electron chi connectivity index (χ1n) is 8.86. The first-order valence-corrected chi connectivity index (χ1v) is 10.1. The number of aromatic nitrogens is 5. The Labute approximate surface area is 184 Å². The van der Waals surface area contributed by atoms with Crippen LogP contribution in [0.3, 0.4) is 0 Å². The maximum absolute atomic E-state index is 12.9. The van der Waals surface area contributed by atoms with E-state index in [4.69, 9.17) is 9.47 Å². The zero-order valence-electron chi connectivity index (χ0n) is 16.1. The third-order valence-electron chi connectivity index (χ3n) is 3.66. The molecule has 30 heavy (non-hydrogen) atoms. The Kier molecular flexibility index (Phi) is 6.90. The lowest BCUT2D eigenvalue weighted by molar-refractivity contribution is -0.0256. The number of nitrogens with zero attached hydrogens (tertiary/aromatic N) is 5. The smallest absolute Gasteiger partial charge is 0.316 e. The Morgan fingerprint density at radius 1 is 1.13 bits per heavy atom. The summed E-state index contributed by atoms with van der Waals surface area (Å²) in [6.07, 6.45) is 4.41. The highest BCUT2D eigenvalue weighted by Gasteiger charge is 2.22. The summed E-state index contributed by atoms with van der Waals surface area (Å²) in [6.45, 7) is 2.04. The molecule has 158 valence electrons. The fourth-order valence-electron chi connectivity index (χ4n) is 2.34. The van der Waals surface area contributed by atoms with Gasteiger partial charge in [0.25, 0.3) is 11.5 Å². The zero-order valence-corrected chi connectivity index (χ0v) is 18.3. The van der Waals surface area contributed by atoms with Gasteiger partial charge in [0.15, 0.2) is 6.61 Å². The molecule has 0 radical (unpaired) electrons. The van der Waals surface area contributed by atoms with E-state index in [9.17, 15) is 13.6 Å². The highest BCUT2D eigenvalue weighted by Crippen LogP contribution is 2.17. The first kappa shape index (κ1) is 22.0. The van der Waals surface area contributed by atoms with Gasteiger partial charge in [-0.2, -0.15) is 5.10 Å². The fraction of sp³-hybridized carbons (Fsp3) is 0.316. The summed E-state index contributed by atoms with van der Waals surface area (Å²) in [7, 11) is 0. The molecular formula is C19H18F2IN5O3. The lowest BCUT2D eigenvalue weighted by Crippen LogP contribution is -2.23. The first-order chi connectivity index (χ1) is 14.2. The molecule has 0 bridgehead atoms. The number of rotatable bonds is 8. The van der Waals surface area contributed by atoms with Crippen LogP contribution in [-0.4, -0.2) is 41.4 Å². The summed E-state index contributed by atoms with van der Waals surface area (Å²) in [5.41, 5.74) is 1.45. The van der Waals surface area contributed by atoms with Crippen LogP contribution < -0.4 is 15.0 Å². The summed E-state index contributed by atoms with van der Waals surface area (Å²) >= 11 is 2.13.